The van der Waals surface area contributed by atoms with Crippen LogP contribution >= 0.6 is 11.8 Å². The molecule has 0 spiro atoms. The summed E-state index contributed by atoms with van der Waals surface area (Å²) in [6.45, 7) is 11.3. The predicted octanol–water partition coefficient (Wildman–Crippen LogP) is 4.06. The molecule has 1 aliphatic heterocycles. The highest BCUT2D eigenvalue weighted by Gasteiger charge is 2.21. The van der Waals surface area contributed by atoms with Gasteiger partial charge in [-0.1, -0.05) is 58.7 Å². The fraction of sp³-hybridized carbons (Fsp3) is 0.929. The van der Waals surface area contributed by atoms with Gasteiger partial charge >= 0.3 is 0 Å². The largest absolute Gasteiger partial charge is 0.364 e. The highest BCUT2D eigenvalue weighted by atomic mass is 32.2. The van der Waals surface area contributed by atoms with E-state index in [-0.39, 0.29) is 0 Å². The maximum absolute atomic E-state index is 4.56. The zero-order chi connectivity index (χ0) is 12.7. The number of hydrogen-bond donors (Lipinski definition) is 1. The van der Waals surface area contributed by atoms with Crippen molar-refractivity contribution in [3.63, 3.8) is 0 Å². The second-order valence-corrected chi connectivity index (χ2v) is 7.06. The van der Waals surface area contributed by atoms with E-state index in [1.807, 2.05) is 11.8 Å². The van der Waals surface area contributed by atoms with Crippen LogP contribution in [0.5, 0.6) is 0 Å². The van der Waals surface area contributed by atoms with Gasteiger partial charge in [-0.25, -0.2) is 0 Å². The number of amidine groups is 1. The lowest BCUT2D eigenvalue weighted by atomic mass is 9.87. The van der Waals surface area contributed by atoms with Crippen molar-refractivity contribution in [2.45, 2.75) is 65.0 Å². The Balaban J connectivity index is 2.20. The molecule has 1 atom stereocenters. The second kappa shape index (κ2) is 7.30. The molecule has 2 nitrogen and oxygen atoms in total. The first-order valence-electron chi connectivity index (χ1n) is 7.02. The number of thioether (sulfide) groups is 1. The van der Waals surface area contributed by atoms with Gasteiger partial charge in [-0.3, -0.25) is 4.99 Å². The molecule has 0 aromatic rings. The summed E-state index contributed by atoms with van der Waals surface area (Å²) in [6.07, 6.45) is 6.55. The number of hydrogen-bond acceptors (Lipinski definition) is 3. The smallest absolute Gasteiger partial charge is 0.156 e. The molecular formula is C14H28N2S. The van der Waals surface area contributed by atoms with E-state index in [2.05, 4.69) is 38.0 Å². The number of nitrogens with zero attached hydrogens (tertiary/aromatic N) is 1. The zero-order valence-electron chi connectivity index (χ0n) is 11.9. The molecule has 0 saturated heterocycles. The van der Waals surface area contributed by atoms with E-state index in [1.54, 1.807) is 0 Å². The summed E-state index contributed by atoms with van der Waals surface area (Å²) in [7, 11) is 0. The lowest BCUT2D eigenvalue weighted by molar-refractivity contribution is 0.320. The van der Waals surface area contributed by atoms with Crippen LogP contribution in [0, 0.1) is 5.41 Å². The van der Waals surface area contributed by atoms with E-state index in [4.69, 9.17) is 0 Å². The van der Waals surface area contributed by atoms with Gasteiger partial charge in [0.15, 0.2) is 5.17 Å². The molecule has 1 unspecified atom stereocenters. The first kappa shape index (κ1) is 14.9. The summed E-state index contributed by atoms with van der Waals surface area (Å²) < 4.78 is 0. The van der Waals surface area contributed by atoms with Crippen LogP contribution in [0.15, 0.2) is 4.99 Å². The zero-order valence-corrected chi connectivity index (χ0v) is 12.7. The third kappa shape index (κ3) is 5.80. The van der Waals surface area contributed by atoms with Crippen LogP contribution < -0.4 is 5.32 Å². The third-order valence-electron chi connectivity index (χ3n) is 3.35. The fourth-order valence-electron chi connectivity index (χ4n) is 1.98. The van der Waals surface area contributed by atoms with Crippen molar-refractivity contribution in [1.29, 1.82) is 0 Å². The van der Waals surface area contributed by atoms with E-state index >= 15 is 0 Å². The molecule has 100 valence electrons. The minimum atomic E-state index is 0.391. The third-order valence-corrected chi connectivity index (χ3v) is 4.66. The monoisotopic (exact) mass is 256 g/mol. The van der Waals surface area contributed by atoms with Crippen molar-refractivity contribution >= 4 is 16.9 Å². The van der Waals surface area contributed by atoms with Crippen LogP contribution in [0.25, 0.3) is 0 Å². The van der Waals surface area contributed by atoms with Crippen molar-refractivity contribution < 1.29 is 0 Å². The first-order valence-corrected chi connectivity index (χ1v) is 7.90. The van der Waals surface area contributed by atoms with Crippen molar-refractivity contribution in [2.24, 2.45) is 10.4 Å². The maximum atomic E-state index is 4.56. The van der Waals surface area contributed by atoms with Gasteiger partial charge in [-0.15, -0.1) is 0 Å². The summed E-state index contributed by atoms with van der Waals surface area (Å²) in [4.78, 5) is 4.56. The summed E-state index contributed by atoms with van der Waals surface area (Å²) >= 11 is 1.92. The van der Waals surface area contributed by atoms with E-state index in [1.165, 1.54) is 37.3 Å². The maximum Gasteiger partial charge on any atom is 0.156 e. The minimum Gasteiger partial charge on any atom is -0.364 e. The Kier molecular flexibility index (Phi) is 6.39. The van der Waals surface area contributed by atoms with Gasteiger partial charge in [0.2, 0.25) is 0 Å². The van der Waals surface area contributed by atoms with Crippen LogP contribution in [-0.2, 0) is 0 Å². The van der Waals surface area contributed by atoms with Gasteiger partial charge in [0.05, 0.1) is 6.54 Å². The molecule has 0 fully saturated rings. The Labute approximate surface area is 111 Å². The van der Waals surface area contributed by atoms with Gasteiger partial charge in [0.1, 0.15) is 0 Å². The van der Waals surface area contributed by atoms with Gasteiger partial charge in [0, 0.05) is 11.8 Å². The van der Waals surface area contributed by atoms with Crippen molar-refractivity contribution in [1.82, 2.24) is 5.32 Å². The summed E-state index contributed by atoms with van der Waals surface area (Å²) in [5.74, 6) is 0. The second-order valence-electron chi connectivity index (χ2n) is 5.77. The Hall–Kier alpha value is -0.180. The highest BCUT2D eigenvalue weighted by molar-refractivity contribution is 8.14. The van der Waals surface area contributed by atoms with E-state index < -0.39 is 0 Å². The fourth-order valence-corrected chi connectivity index (χ4v) is 2.92. The van der Waals surface area contributed by atoms with Crippen LogP contribution in [0.2, 0.25) is 0 Å². The summed E-state index contributed by atoms with van der Waals surface area (Å²) in [5.41, 5.74) is 0.391. The first-order chi connectivity index (χ1) is 8.07. The van der Waals surface area contributed by atoms with Gasteiger partial charge in [-0.2, -0.15) is 0 Å². The Morgan fingerprint density at radius 3 is 2.71 bits per heavy atom. The molecule has 0 aromatic carbocycles. The molecule has 1 aliphatic rings. The molecular weight excluding hydrogens is 228 g/mol. The summed E-state index contributed by atoms with van der Waals surface area (Å²) in [5, 5.41) is 5.40. The van der Waals surface area contributed by atoms with Crippen LogP contribution in [0.1, 0.15) is 59.8 Å². The Bertz CT molecular complexity index is 249. The van der Waals surface area contributed by atoms with E-state index in [9.17, 15) is 0 Å². The molecule has 0 aliphatic carbocycles. The van der Waals surface area contributed by atoms with E-state index in [0.717, 1.165) is 13.1 Å². The SMILES string of the molecule is CCCCCC(C)(C)CNC1=NCC(CC)S1. The molecule has 0 amide bonds. The van der Waals surface area contributed by atoms with Crippen LogP contribution in [-0.4, -0.2) is 23.5 Å². The highest BCUT2D eigenvalue weighted by Crippen LogP contribution is 2.25. The van der Waals surface area contributed by atoms with Gasteiger partial charge in [0.25, 0.3) is 0 Å². The Morgan fingerprint density at radius 1 is 1.35 bits per heavy atom. The normalized spacial score (nSPS) is 20.5. The average Bonchev–Trinajstić information content (AvgIpc) is 2.75. The standard InChI is InChI=1S/C14H28N2S/c1-5-7-8-9-14(3,4)11-16-13-15-10-12(6-2)17-13/h12H,5-11H2,1-4H3,(H,15,16). The van der Waals surface area contributed by atoms with Crippen LogP contribution in [0.4, 0.5) is 0 Å². The quantitative estimate of drug-likeness (QED) is 0.695. The minimum absolute atomic E-state index is 0.391. The number of nitrogens with one attached hydrogen (secondary N) is 1. The van der Waals surface area contributed by atoms with E-state index in [0.29, 0.717) is 10.7 Å². The van der Waals surface area contributed by atoms with Gasteiger partial charge < -0.3 is 5.32 Å². The predicted molar refractivity (Wildman–Crippen MR) is 79.9 cm³/mol. The molecule has 0 bridgehead atoms. The van der Waals surface area contributed by atoms with Crippen molar-refractivity contribution in [3.05, 3.63) is 0 Å². The molecule has 3 heteroatoms. The molecule has 0 radical (unpaired) electrons. The molecule has 17 heavy (non-hydrogen) atoms. The van der Waals surface area contributed by atoms with Crippen molar-refractivity contribution in [3.8, 4) is 0 Å². The molecule has 1 N–H and O–H groups in total. The number of rotatable bonds is 7. The number of aliphatic imine (C=N–C) groups is 1. The summed E-state index contributed by atoms with van der Waals surface area (Å²) in [6, 6.07) is 0. The topological polar surface area (TPSA) is 24.4 Å². The molecule has 1 rings (SSSR count). The Morgan fingerprint density at radius 2 is 2.12 bits per heavy atom. The molecule has 0 saturated carbocycles. The average molecular weight is 256 g/mol. The number of unbranched alkanes of at least 4 members (excludes halogenated alkanes) is 2. The van der Waals surface area contributed by atoms with Crippen LogP contribution in [0.3, 0.4) is 0 Å². The van der Waals surface area contributed by atoms with Gasteiger partial charge in [-0.05, 0) is 18.3 Å². The molecule has 1 heterocycles. The lowest BCUT2D eigenvalue weighted by Gasteiger charge is -2.25. The molecule has 0 aromatic heterocycles. The lowest BCUT2D eigenvalue weighted by Crippen LogP contribution is -2.32. The van der Waals surface area contributed by atoms with Crippen molar-refractivity contribution in [2.75, 3.05) is 13.1 Å².